The number of benzene rings is 2. The third-order valence-electron chi connectivity index (χ3n) is 3.88. The maximum Gasteiger partial charge on any atom is 0.336 e. The Morgan fingerprint density at radius 1 is 1.17 bits per heavy atom. The minimum atomic E-state index is -0.368. The molecule has 0 bridgehead atoms. The van der Waals surface area contributed by atoms with Crippen LogP contribution in [0.5, 0.6) is 5.75 Å². The van der Waals surface area contributed by atoms with Gasteiger partial charge in [-0.25, -0.2) is 4.79 Å². The molecule has 3 rings (SSSR count). The van der Waals surface area contributed by atoms with Gasteiger partial charge in [0, 0.05) is 17.5 Å². The molecule has 0 aliphatic heterocycles. The molecular formula is C21H18O3. The second-order valence-electron chi connectivity index (χ2n) is 5.59. The molecule has 0 radical (unpaired) electrons. The molecule has 1 atom stereocenters. The van der Waals surface area contributed by atoms with Crippen LogP contribution in [0.2, 0.25) is 0 Å². The lowest BCUT2D eigenvalue weighted by molar-refractivity contribution is 0.247. The normalized spacial score (nSPS) is 11.9. The summed E-state index contributed by atoms with van der Waals surface area (Å²) in [6, 6.07) is 16.8. The van der Waals surface area contributed by atoms with E-state index >= 15 is 0 Å². The summed E-state index contributed by atoms with van der Waals surface area (Å²) < 4.78 is 11.4. The van der Waals surface area contributed by atoms with Gasteiger partial charge in [-0.3, -0.25) is 0 Å². The van der Waals surface area contributed by atoms with Crippen molar-refractivity contribution < 1.29 is 9.15 Å². The Hall–Kier alpha value is -3.07. The molecule has 0 amide bonds. The van der Waals surface area contributed by atoms with E-state index < -0.39 is 0 Å². The number of hydrogen-bond donors (Lipinski definition) is 0. The van der Waals surface area contributed by atoms with Crippen LogP contribution in [0, 0.1) is 6.92 Å². The van der Waals surface area contributed by atoms with Crippen molar-refractivity contribution in [3.05, 3.63) is 101 Å². The van der Waals surface area contributed by atoms with Crippen molar-refractivity contribution in [2.75, 3.05) is 0 Å². The molecule has 3 heteroatoms. The Balaban J connectivity index is 2.01. The van der Waals surface area contributed by atoms with E-state index in [9.17, 15) is 4.79 Å². The van der Waals surface area contributed by atoms with Gasteiger partial charge in [-0.1, -0.05) is 49.6 Å². The molecule has 0 fully saturated rings. The van der Waals surface area contributed by atoms with Crippen LogP contribution in [0.1, 0.15) is 17.2 Å². The number of ether oxygens (including phenoxy) is 1. The zero-order valence-corrected chi connectivity index (χ0v) is 13.5. The number of fused-ring (bicyclic) bond motifs is 1. The van der Waals surface area contributed by atoms with Crippen LogP contribution in [-0.4, -0.2) is 0 Å². The van der Waals surface area contributed by atoms with Gasteiger partial charge in [0.25, 0.3) is 0 Å². The maximum atomic E-state index is 11.6. The highest BCUT2D eigenvalue weighted by Crippen LogP contribution is 2.30. The van der Waals surface area contributed by atoms with Crippen LogP contribution in [0.25, 0.3) is 11.0 Å². The summed E-state index contributed by atoms with van der Waals surface area (Å²) in [4.78, 5) is 11.6. The van der Waals surface area contributed by atoms with Crippen molar-refractivity contribution in [1.82, 2.24) is 0 Å². The molecule has 0 N–H and O–H groups in total. The second-order valence-corrected chi connectivity index (χ2v) is 5.59. The fourth-order valence-electron chi connectivity index (χ4n) is 2.61. The van der Waals surface area contributed by atoms with Crippen molar-refractivity contribution in [3.63, 3.8) is 0 Å². The van der Waals surface area contributed by atoms with Crippen LogP contribution in [0.15, 0.2) is 88.6 Å². The molecule has 1 aromatic heterocycles. The number of hydrogen-bond acceptors (Lipinski definition) is 3. The van der Waals surface area contributed by atoms with E-state index in [1.54, 1.807) is 12.1 Å². The van der Waals surface area contributed by atoms with Crippen LogP contribution in [0.3, 0.4) is 0 Å². The van der Waals surface area contributed by atoms with E-state index in [1.807, 2.05) is 49.4 Å². The van der Waals surface area contributed by atoms with E-state index in [2.05, 4.69) is 13.2 Å². The SMILES string of the molecule is C=CC(=C)C(Oc1ccc2c(C)cc(=O)oc2c1)c1ccccc1. The first-order valence-corrected chi connectivity index (χ1v) is 7.66. The van der Waals surface area contributed by atoms with Gasteiger partial charge in [-0.15, -0.1) is 0 Å². The van der Waals surface area contributed by atoms with Crippen LogP contribution < -0.4 is 10.4 Å². The molecule has 0 spiro atoms. The summed E-state index contributed by atoms with van der Waals surface area (Å²) in [7, 11) is 0. The molecule has 0 aliphatic carbocycles. The molecule has 3 aromatic rings. The fourth-order valence-corrected chi connectivity index (χ4v) is 2.61. The van der Waals surface area contributed by atoms with Gasteiger partial charge < -0.3 is 9.15 Å². The van der Waals surface area contributed by atoms with Crippen molar-refractivity contribution in [1.29, 1.82) is 0 Å². The van der Waals surface area contributed by atoms with Gasteiger partial charge >= 0.3 is 5.63 Å². The highest BCUT2D eigenvalue weighted by Gasteiger charge is 2.16. The summed E-state index contributed by atoms with van der Waals surface area (Å²) >= 11 is 0. The van der Waals surface area contributed by atoms with Gasteiger partial charge in [0.05, 0.1) is 0 Å². The van der Waals surface area contributed by atoms with Crippen LogP contribution in [0.4, 0.5) is 0 Å². The Bertz CT molecular complexity index is 952. The van der Waals surface area contributed by atoms with E-state index in [1.165, 1.54) is 6.07 Å². The molecule has 1 unspecified atom stereocenters. The molecule has 0 aliphatic rings. The zero-order chi connectivity index (χ0) is 17.1. The first-order valence-electron chi connectivity index (χ1n) is 7.66. The second kappa shape index (κ2) is 6.59. The fraction of sp³-hybridized carbons (Fsp3) is 0.0952. The highest BCUT2D eigenvalue weighted by molar-refractivity contribution is 5.81. The van der Waals surface area contributed by atoms with Crippen molar-refractivity contribution in [3.8, 4) is 5.75 Å². The maximum absolute atomic E-state index is 11.6. The smallest absolute Gasteiger partial charge is 0.336 e. The monoisotopic (exact) mass is 318 g/mol. The Morgan fingerprint density at radius 2 is 1.92 bits per heavy atom. The van der Waals surface area contributed by atoms with E-state index in [-0.39, 0.29) is 11.7 Å². The number of rotatable bonds is 5. The Labute approximate surface area is 140 Å². The molecule has 120 valence electrons. The molecule has 2 aromatic carbocycles. The topological polar surface area (TPSA) is 39.4 Å². The van der Waals surface area contributed by atoms with Gasteiger partial charge in [-0.2, -0.15) is 0 Å². The molecule has 24 heavy (non-hydrogen) atoms. The number of aryl methyl sites for hydroxylation is 1. The van der Waals surface area contributed by atoms with Crippen LogP contribution >= 0.6 is 0 Å². The first kappa shape index (κ1) is 15.8. The van der Waals surface area contributed by atoms with E-state index in [0.29, 0.717) is 11.3 Å². The molecule has 1 heterocycles. The quantitative estimate of drug-likeness (QED) is 0.493. The Morgan fingerprint density at radius 3 is 2.62 bits per heavy atom. The van der Waals surface area contributed by atoms with Crippen molar-refractivity contribution in [2.24, 2.45) is 0 Å². The van der Waals surface area contributed by atoms with E-state index in [4.69, 9.17) is 9.15 Å². The lowest BCUT2D eigenvalue weighted by Crippen LogP contribution is -2.09. The lowest BCUT2D eigenvalue weighted by Gasteiger charge is -2.20. The van der Waals surface area contributed by atoms with Crippen molar-refractivity contribution in [2.45, 2.75) is 13.0 Å². The molecule has 3 nitrogen and oxygen atoms in total. The van der Waals surface area contributed by atoms with E-state index in [0.717, 1.165) is 22.1 Å². The first-order chi connectivity index (χ1) is 11.6. The standard InChI is InChI=1S/C21H18O3/c1-4-14(2)21(16-8-6-5-7-9-16)23-17-10-11-18-15(3)12-20(22)24-19(18)13-17/h4-13,21H,1-2H2,3H3. The van der Waals surface area contributed by atoms with Gasteiger partial charge in [0.15, 0.2) is 0 Å². The van der Waals surface area contributed by atoms with Gasteiger partial charge in [0.1, 0.15) is 17.4 Å². The summed E-state index contributed by atoms with van der Waals surface area (Å²) in [5.41, 5.74) is 2.75. The molecular weight excluding hydrogens is 300 g/mol. The third-order valence-corrected chi connectivity index (χ3v) is 3.88. The van der Waals surface area contributed by atoms with Crippen LogP contribution in [-0.2, 0) is 0 Å². The lowest BCUT2D eigenvalue weighted by atomic mass is 10.0. The average Bonchev–Trinajstić information content (AvgIpc) is 2.59. The molecule has 0 saturated carbocycles. The minimum absolute atomic E-state index is 0.349. The minimum Gasteiger partial charge on any atom is -0.481 e. The summed E-state index contributed by atoms with van der Waals surface area (Å²) in [5.74, 6) is 0.605. The van der Waals surface area contributed by atoms with Gasteiger partial charge in [-0.05, 0) is 35.8 Å². The average molecular weight is 318 g/mol. The largest absolute Gasteiger partial charge is 0.481 e. The summed E-state index contributed by atoms with van der Waals surface area (Å²) in [5, 5.41) is 0.890. The summed E-state index contributed by atoms with van der Waals surface area (Å²) in [6.07, 6.45) is 1.33. The molecule has 0 saturated heterocycles. The third kappa shape index (κ3) is 3.15. The highest BCUT2D eigenvalue weighted by atomic mass is 16.5. The Kier molecular flexibility index (Phi) is 4.34. The summed E-state index contributed by atoms with van der Waals surface area (Å²) in [6.45, 7) is 9.68. The van der Waals surface area contributed by atoms with Gasteiger partial charge in [0.2, 0.25) is 0 Å². The van der Waals surface area contributed by atoms with Crippen molar-refractivity contribution >= 4 is 11.0 Å². The predicted octanol–water partition coefficient (Wildman–Crippen LogP) is 4.96. The predicted molar refractivity (Wildman–Crippen MR) is 96.4 cm³/mol. The zero-order valence-electron chi connectivity index (χ0n) is 13.5.